The quantitative estimate of drug-likeness (QED) is 0.504. The fraction of sp³-hybridized carbons (Fsp3) is 0.136. The fourth-order valence-electron chi connectivity index (χ4n) is 3.37. The number of amides is 1. The molecule has 0 aliphatic carbocycles. The zero-order valence-corrected chi connectivity index (χ0v) is 18.3. The second-order valence-corrected chi connectivity index (χ2v) is 7.83. The van der Waals surface area contributed by atoms with Gasteiger partial charge in [0.25, 0.3) is 5.91 Å². The van der Waals surface area contributed by atoms with Crippen LogP contribution in [-0.2, 0) is 6.42 Å². The van der Waals surface area contributed by atoms with Gasteiger partial charge < -0.3 is 15.5 Å². The van der Waals surface area contributed by atoms with E-state index >= 15 is 0 Å². The number of benzene rings is 2. The molecule has 0 saturated heterocycles. The minimum atomic E-state index is -0.772. The zero-order valence-electron chi connectivity index (χ0n) is 16.2. The van der Waals surface area contributed by atoms with Crippen molar-refractivity contribution >= 4 is 28.5 Å². The number of ether oxygens (including phenoxy) is 1. The molecule has 0 spiro atoms. The first kappa shape index (κ1) is 21.5. The number of primary amides is 1. The van der Waals surface area contributed by atoms with Gasteiger partial charge in [0, 0.05) is 23.7 Å². The molecule has 8 heteroatoms. The number of carbonyl (C=O) groups is 1. The normalized spacial score (nSPS) is 10.5. The van der Waals surface area contributed by atoms with Gasteiger partial charge in [0.2, 0.25) is 5.43 Å². The molecule has 152 valence electrons. The van der Waals surface area contributed by atoms with Gasteiger partial charge in [0.05, 0.1) is 21.9 Å². The molecular formula is C22H17FIN3O3. The van der Waals surface area contributed by atoms with Gasteiger partial charge in [-0.25, -0.2) is 4.39 Å². The molecular weight excluding hydrogens is 500 g/mol. The smallest absolute Gasteiger partial charge is 0.252 e. The van der Waals surface area contributed by atoms with Gasteiger partial charge in [-0.2, -0.15) is 5.26 Å². The number of aromatic nitrogens is 1. The molecule has 6 nitrogen and oxygen atoms in total. The first-order valence-corrected chi connectivity index (χ1v) is 9.92. The zero-order chi connectivity index (χ0) is 22.0. The van der Waals surface area contributed by atoms with Crippen LogP contribution in [0.5, 0.6) is 5.75 Å². The van der Waals surface area contributed by atoms with Gasteiger partial charge in [0.1, 0.15) is 23.2 Å². The van der Waals surface area contributed by atoms with E-state index in [4.69, 9.17) is 10.5 Å². The summed E-state index contributed by atoms with van der Waals surface area (Å²) in [7, 11) is 1.40. The number of nitrogens with two attached hydrogens (primary N) is 1. The number of hydrogen-bond donors (Lipinski definition) is 2. The maximum atomic E-state index is 14.0. The molecule has 1 heterocycles. The van der Waals surface area contributed by atoms with Crippen molar-refractivity contribution in [3.8, 4) is 23.1 Å². The molecule has 2 aromatic carbocycles. The van der Waals surface area contributed by atoms with E-state index in [1.165, 1.54) is 13.2 Å². The Morgan fingerprint density at radius 2 is 2.07 bits per heavy atom. The SMILES string of the molecule is COc1c(Cc2ccc(-c3[nH]cc(I)c(=O)c3C#N)c(C)c2)cc(F)cc1C(N)=O. The van der Waals surface area contributed by atoms with Crippen molar-refractivity contribution in [2.24, 2.45) is 5.73 Å². The van der Waals surface area contributed by atoms with E-state index in [-0.39, 0.29) is 22.3 Å². The summed E-state index contributed by atoms with van der Waals surface area (Å²) in [5.41, 5.74) is 8.36. The van der Waals surface area contributed by atoms with Gasteiger partial charge in [-0.15, -0.1) is 0 Å². The van der Waals surface area contributed by atoms with Crippen molar-refractivity contribution in [1.82, 2.24) is 4.98 Å². The number of rotatable bonds is 5. The third-order valence-corrected chi connectivity index (χ3v) is 5.51. The monoisotopic (exact) mass is 517 g/mol. The standard InChI is InChI=1S/C22H17FIN3O3/c1-11-5-12(6-13-7-14(23)8-16(22(26)29)21(13)30-2)3-4-15(11)19-17(9-25)20(28)18(24)10-27-19/h3-5,7-8,10H,6H2,1-2H3,(H2,26,29)(H,27,28). The minimum absolute atomic E-state index is 0.0176. The van der Waals surface area contributed by atoms with E-state index in [2.05, 4.69) is 4.98 Å². The molecule has 1 aromatic heterocycles. The largest absolute Gasteiger partial charge is 0.496 e. The van der Waals surface area contributed by atoms with E-state index < -0.39 is 11.7 Å². The average Bonchev–Trinajstić information content (AvgIpc) is 2.70. The maximum Gasteiger partial charge on any atom is 0.252 e. The average molecular weight is 517 g/mol. The Morgan fingerprint density at radius 3 is 2.67 bits per heavy atom. The number of H-pyrrole nitrogens is 1. The highest BCUT2D eigenvalue weighted by atomic mass is 127. The number of hydrogen-bond acceptors (Lipinski definition) is 4. The molecule has 0 unspecified atom stereocenters. The lowest BCUT2D eigenvalue weighted by atomic mass is 9.95. The van der Waals surface area contributed by atoms with E-state index in [0.29, 0.717) is 26.8 Å². The molecule has 0 bridgehead atoms. The minimum Gasteiger partial charge on any atom is -0.496 e. The predicted molar refractivity (Wildman–Crippen MR) is 119 cm³/mol. The summed E-state index contributed by atoms with van der Waals surface area (Å²) >= 11 is 1.88. The van der Waals surface area contributed by atoms with Crippen molar-refractivity contribution in [2.45, 2.75) is 13.3 Å². The Balaban J connectivity index is 2.05. The highest BCUT2D eigenvalue weighted by Crippen LogP contribution is 2.30. The summed E-state index contributed by atoms with van der Waals surface area (Å²) in [5, 5.41) is 9.42. The van der Waals surface area contributed by atoms with Crippen molar-refractivity contribution in [3.05, 3.63) is 84.0 Å². The Hall–Kier alpha value is -3.19. The van der Waals surface area contributed by atoms with Crippen LogP contribution in [0.2, 0.25) is 0 Å². The summed E-state index contributed by atoms with van der Waals surface area (Å²) in [6.07, 6.45) is 1.87. The highest BCUT2D eigenvalue weighted by molar-refractivity contribution is 14.1. The molecule has 0 aliphatic heterocycles. The van der Waals surface area contributed by atoms with E-state index in [0.717, 1.165) is 17.2 Å². The molecule has 3 aromatic rings. The van der Waals surface area contributed by atoms with Crippen LogP contribution in [0.25, 0.3) is 11.3 Å². The molecule has 3 rings (SSSR count). The number of methoxy groups -OCH3 is 1. The van der Waals surface area contributed by atoms with Gasteiger partial charge in [-0.3, -0.25) is 9.59 Å². The van der Waals surface area contributed by atoms with Crippen LogP contribution in [0.15, 0.2) is 41.3 Å². The molecule has 30 heavy (non-hydrogen) atoms. The lowest BCUT2D eigenvalue weighted by Crippen LogP contribution is -2.14. The first-order valence-electron chi connectivity index (χ1n) is 8.84. The number of nitrogens with one attached hydrogen (secondary N) is 1. The Morgan fingerprint density at radius 1 is 1.33 bits per heavy atom. The van der Waals surface area contributed by atoms with E-state index in [9.17, 15) is 19.2 Å². The van der Waals surface area contributed by atoms with Gasteiger partial charge in [-0.05, 0) is 52.8 Å². The van der Waals surface area contributed by atoms with Crippen LogP contribution in [0, 0.1) is 27.6 Å². The summed E-state index contributed by atoms with van der Waals surface area (Å²) in [6, 6.07) is 9.81. The van der Waals surface area contributed by atoms with Crippen LogP contribution in [-0.4, -0.2) is 18.0 Å². The highest BCUT2D eigenvalue weighted by Gasteiger charge is 2.18. The summed E-state index contributed by atoms with van der Waals surface area (Å²) in [5.74, 6) is -1.12. The summed E-state index contributed by atoms with van der Waals surface area (Å²) in [4.78, 5) is 26.9. The van der Waals surface area contributed by atoms with Crippen molar-refractivity contribution in [3.63, 3.8) is 0 Å². The van der Waals surface area contributed by atoms with E-state index in [1.54, 1.807) is 12.3 Å². The lowest BCUT2D eigenvalue weighted by molar-refractivity contribution is 0.0996. The van der Waals surface area contributed by atoms with Crippen LogP contribution in [0.3, 0.4) is 0 Å². The van der Waals surface area contributed by atoms with E-state index in [1.807, 2.05) is 47.7 Å². The third kappa shape index (κ3) is 4.07. The third-order valence-electron chi connectivity index (χ3n) is 4.70. The Kier molecular flexibility index (Phi) is 6.22. The Labute approximate surface area is 185 Å². The van der Waals surface area contributed by atoms with Gasteiger partial charge >= 0.3 is 0 Å². The van der Waals surface area contributed by atoms with Gasteiger partial charge in [0.15, 0.2) is 0 Å². The summed E-state index contributed by atoms with van der Waals surface area (Å²) in [6.45, 7) is 1.86. The number of nitrogens with zero attached hydrogens (tertiary/aromatic N) is 1. The number of halogens is 2. The van der Waals surface area contributed by atoms with Crippen molar-refractivity contribution < 1.29 is 13.9 Å². The van der Waals surface area contributed by atoms with Crippen LogP contribution in [0.4, 0.5) is 4.39 Å². The molecule has 0 fully saturated rings. The number of aromatic amines is 1. The second-order valence-electron chi connectivity index (χ2n) is 6.66. The molecule has 0 saturated carbocycles. The molecule has 1 amide bonds. The molecule has 0 aliphatic rings. The number of pyridine rings is 1. The van der Waals surface area contributed by atoms with Gasteiger partial charge in [-0.1, -0.05) is 18.2 Å². The number of carbonyl (C=O) groups excluding carboxylic acids is 1. The first-order chi connectivity index (χ1) is 14.3. The fourth-order valence-corrected chi connectivity index (χ4v) is 3.79. The second kappa shape index (κ2) is 8.67. The van der Waals surface area contributed by atoms with Crippen LogP contribution >= 0.6 is 22.6 Å². The predicted octanol–water partition coefficient (Wildman–Crippen LogP) is 3.66. The molecule has 3 N–H and O–H groups in total. The molecule has 0 radical (unpaired) electrons. The maximum absolute atomic E-state index is 14.0. The van der Waals surface area contributed by atoms with Crippen LogP contribution in [0.1, 0.15) is 32.6 Å². The number of aryl methyl sites for hydroxylation is 1. The molecule has 0 atom stereocenters. The lowest BCUT2D eigenvalue weighted by Gasteiger charge is -2.14. The number of nitriles is 1. The van der Waals surface area contributed by atoms with Crippen LogP contribution < -0.4 is 15.9 Å². The topological polar surface area (TPSA) is 109 Å². The summed E-state index contributed by atoms with van der Waals surface area (Å²) < 4.78 is 19.7. The van der Waals surface area contributed by atoms with Crippen molar-refractivity contribution in [2.75, 3.05) is 7.11 Å². The van der Waals surface area contributed by atoms with Crippen molar-refractivity contribution in [1.29, 1.82) is 5.26 Å². The Bertz CT molecular complexity index is 1260.